The molecule has 0 amide bonds. The molecule has 0 spiro atoms. The molecule has 0 aliphatic heterocycles. The number of ether oxygens (including phenoxy) is 1. The fraction of sp³-hybridized carbons (Fsp3) is 0.500. The highest BCUT2D eigenvalue weighted by Gasteiger charge is 2.37. The van der Waals surface area contributed by atoms with Crippen LogP contribution in [0.4, 0.5) is 18.9 Å². The van der Waals surface area contributed by atoms with E-state index in [1.165, 1.54) is 0 Å². The molecule has 98 valence electrons. The SMILES string of the molecule is O=[N+]([O-])c1cnc(OCC2CC2)c(C(F)(F)F)c1. The minimum atomic E-state index is -4.72. The molecule has 1 aromatic heterocycles. The van der Waals surface area contributed by atoms with Crippen molar-refractivity contribution in [1.82, 2.24) is 4.98 Å². The van der Waals surface area contributed by atoms with Crippen molar-refractivity contribution < 1.29 is 22.8 Å². The van der Waals surface area contributed by atoms with Gasteiger partial charge in [0.1, 0.15) is 11.8 Å². The van der Waals surface area contributed by atoms with Gasteiger partial charge in [0, 0.05) is 6.07 Å². The van der Waals surface area contributed by atoms with E-state index in [1.54, 1.807) is 0 Å². The number of rotatable bonds is 4. The molecular formula is C10H9F3N2O3. The molecule has 0 radical (unpaired) electrons. The number of nitrogens with zero attached hydrogens (tertiary/aromatic N) is 2. The molecule has 1 saturated carbocycles. The third kappa shape index (κ3) is 2.88. The summed E-state index contributed by atoms with van der Waals surface area (Å²) in [6, 6.07) is 0.440. The van der Waals surface area contributed by atoms with Crippen LogP contribution in [-0.4, -0.2) is 16.5 Å². The van der Waals surface area contributed by atoms with Gasteiger partial charge in [0.2, 0.25) is 5.88 Å². The average molecular weight is 262 g/mol. The van der Waals surface area contributed by atoms with Gasteiger partial charge in [-0.05, 0) is 18.8 Å². The Labute approximate surface area is 99.7 Å². The van der Waals surface area contributed by atoms with Crippen LogP contribution in [0.5, 0.6) is 5.88 Å². The van der Waals surface area contributed by atoms with Crippen molar-refractivity contribution in [2.45, 2.75) is 19.0 Å². The summed E-state index contributed by atoms with van der Waals surface area (Å²) in [6.07, 6.45) is -2.11. The van der Waals surface area contributed by atoms with E-state index in [0.29, 0.717) is 6.07 Å². The van der Waals surface area contributed by atoms with Crippen molar-refractivity contribution in [3.63, 3.8) is 0 Å². The molecule has 0 unspecified atom stereocenters. The van der Waals surface area contributed by atoms with Gasteiger partial charge in [0.05, 0.1) is 11.5 Å². The van der Waals surface area contributed by atoms with Gasteiger partial charge < -0.3 is 4.74 Å². The summed E-state index contributed by atoms with van der Waals surface area (Å²) < 4.78 is 43.0. The van der Waals surface area contributed by atoms with Crippen molar-refractivity contribution >= 4 is 5.69 Å². The van der Waals surface area contributed by atoms with Gasteiger partial charge in [-0.1, -0.05) is 0 Å². The lowest BCUT2D eigenvalue weighted by Crippen LogP contribution is -2.12. The minimum absolute atomic E-state index is 0.161. The Morgan fingerprint density at radius 2 is 2.17 bits per heavy atom. The summed E-state index contributed by atoms with van der Waals surface area (Å²) in [5.41, 5.74) is -1.92. The minimum Gasteiger partial charge on any atom is -0.477 e. The first-order valence-electron chi connectivity index (χ1n) is 5.22. The van der Waals surface area contributed by atoms with Gasteiger partial charge >= 0.3 is 6.18 Å². The molecule has 0 saturated heterocycles. The van der Waals surface area contributed by atoms with Gasteiger partial charge in [-0.3, -0.25) is 10.1 Å². The Bertz CT molecular complexity index is 472. The molecular weight excluding hydrogens is 253 g/mol. The molecule has 1 aliphatic rings. The van der Waals surface area contributed by atoms with Crippen LogP contribution >= 0.6 is 0 Å². The lowest BCUT2D eigenvalue weighted by Gasteiger charge is -2.12. The third-order valence-electron chi connectivity index (χ3n) is 2.51. The van der Waals surface area contributed by atoms with Crippen molar-refractivity contribution in [2.75, 3.05) is 6.61 Å². The molecule has 1 aromatic rings. The van der Waals surface area contributed by atoms with Crippen LogP contribution in [0.15, 0.2) is 12.3 Å². The standard InChI is InChI=1S/C10H9F3N2O3/c11-10(12,13)8-3-7(15(16)17)4-14-9(8)18-5-6-1-2-6/h3-4,6H,1-2,5H2. The first-order chi connectivity index (χ1) is 8.38. The topological polar surface area (TPSA) is 65.3 Å². The Morgan fingerprint density at radius 1 is 1.50 bits per heavy atom. The molecule has 0 bridgehead atoms. The zero-order valence-electron chi connectivity index (χ0n) is 9.11. The van der Waals surface area contributed by atoms with Crippen molar-refractivity contribution in [3.05, 3.63) is 27.9 Å². The van der Waals surface area contributed by atoms with Crippen LogP contribution in [-0.2, 0) is 6.18 Å². The average Bonchev–Trinajstić information content (AvgIpc) is 3.08. The maximum atomic E-state index is 12.7. The van der Waals surface area contributed by atoms with Crippen LogP contribution in [0.25, 0.3) is 0 Å². The van der Waals surface area contributed by atoms with E-state index in [2.05, 4.69) is 4.98 Å². The number of alkyl halides is 3. The van der Waals surface area contributed by atoms with E-state index in [0.717, 1.165) is 19.0 Å². The second kappa shape index (κ2) is 4.43. The van der Waals surface area contributed by atoms with E-state index in [9.17, 15) is 23.3 Å². The van der Waals surface area contributed by atoms with Gasteiger partial charge in [-0.15, -0.1) is 0 Å². The van der Waals surface area contributed by atoms with Crippen molar-refractivity contribution in [1.29, 1.82) is 0 Å². The molecule has 0 atom stereocenters. The molecule has 8 heteroatoms. The molecule has 1 aliphatic carbocycles. The molecule has 0 aromatic carbocycles. The van der Waals surface area contributed by atoms with E-state index >= 15 is 0 Å². The summed E-state index contributed by atoms with van der Waals surface area (Å²) in [4.78, 5) is 12.9. The van der Waals surface area contributed by atoms with Crippen LogP contribution in [0.3, 0.4) is 0 Å². The quantitative estimate of drug-likeness (QED) is 0.618. The Balaban J connectivity index is 2.28. The fourth-order valence-electron chi connectivity index (χ4n) is 1.34. The van der Waals surface area contributed by atoms with E-state index in [4.69, 9.17) is 4.74 Å². The fourth-order valence-corrected chi connectivity index (χ4v) is 1.34. The number of nitro groups is 1. The first-order valence-corrected chi connectivity index (χ1v) is 5.22. The molecule has 5 nitrogen and oxygen atoms in total. The number of halogens is 3. The van der Waals surface area contributed by atoms with Crippen LogP contribution < -0.4 is 4.74 Å². The zero-order chi connectivity index (χ0) is 13.3. The molecule has 18 heavy (non-hydrogen) atoms. The highest BCUT2D eigenvalue weighted by atomic mass is 19.4. The molecule has 2 rings (SSSR count). The predicted octanol–water partition coefficient (Wildman–Crippen LogP) is 2.80. The van der Waals surface area contributed by atoms with E-state index in [-0.39, 0.29) is 12.5 Å². The normalized spacial score (nSPS) is 15.5. The lowest BCUT2D eigenvalue weighted by atomic mass is 10.2. The zero-order valence-corrected chi connectivity index (χ0v) is 9.11. The first kappa shape index (κ1) is 12.6. The van der Waals surface area contributed by atoms with Gasteiger partial charge in [-0.25, -0.2) is 4.98 Å². The molecule has 1 fully saturated rings. The maximum Gasteiger partial charge on any atom is 0.421 e. The number of hydrogen-bond donors (Lipinski definition) is 0. The molecule has 1 heterocycles. The highest BCUT2D eigenvalue weighted by molar-refractivity contribution is 5.39. The van der Waals surface area contributed by atoms with E-state index < -0.39 is 28.2 Å². The summed E-state index contributed by atoms with van der Waals surface area (Å²) in [5.74, 6) is -0.330. The smallest absolute Gasteiger partial charge is 0.421 e. The summed E-state index contributed by atoms with van der Waals surface area (Å²) in [7, 11) is 0. The third-order valence-corrected chi connectivity index (χ3v) is 2.51. The van der Waals surface area contributed by atoms with Crippen molar-refractivity contribution in [3.8, 4) is 5.88 Å². The van der Waals surface area contributed by atoms with Gasteiger partial charge in [0.15, 0.2) is 0 Å². The van der Waals surface area contributed by atoms with Gasteiger partial charge in [-0.2, -0.15) is 13.2 Å². The van der Waals surface area contributed by atoms with E-state index in [1.807, 2.05) is 0 Å². The second-order valence-corrected chi connectivity index (χ2v) is 4.06. The highest BCUT2D eigenvalue weighted by Crippen LogP contribution is 2.38. The van der Waals surface area contributed by atoms with Crippen molar-refractivity contribution in [2.24, 2.45) is 5.92 Å². The summed E-state index contributed by atoms with van der Waals surface area (Å²) >= 11 is 0. The summed E-state index contributed by atoms with van der Waals surface area (Å²) in [5, 5.41) is 10.4. The Hall–Kier alpha value is -1.86. The van der Waals surface area contributed by atoms with Gasteiger partial charge in [0.25, 0.3) is 5.69 Å². The number of aromatic nitrogens is 1. The predicted molar refractivity (Wildman–Crippen MR) is 54.1 cm³/mol. The van der Waals surface area contributed by atoms with Crippen LogP contribution in [0.1, 0.15) is 18.4 Å². The second-order valence-electron chi connectivity index (χ2n) is 4.06. The van der Waals surface area contributed by atoms with Crippen LogP contribution in [0.2, 0.25) is 0 Å². The lowest BCUT2D eigenvalue weighted by molar-refractivity contribution is -0.385. The number of hydrogen-bond acceptors (Lipinski definition) is 4. The maximum absolute atomic E-state index is 12.7. The summed E-state index contributed by atoms with van der Waals surface area (Å²) in [6.45, 7) is 0.161. The number of pyridine rings is 1. The Kier molecular flexibility index (Phi) is 3.10. The molecule has 0 N–H and O–H groups in total. The Morgan fingerprint density at radius 3 is 2.67 bits per heavy atom. The largest absolute Gasteiger partial charge is 0.477 e. The van der Waals surface area contributed by atoms with Crippen LogP contribution in [0, 0.1) is 16.0 Å². The monoisotopic (exact) mass is 262 g/mol.